The molecule has 1 nitrogen and oxygen atoms in total. The van der Waals surface area contributed by atoms with Crippen LogP contribution in [-0.4, -0.2) is 6.04 Å². The predicted molar refractivity (Wildman–Crippen MR) is 69.7 cm³/mol. The van der Waals surface area contributed by atoms with Crippen LogP contribution in [0.5, 0.6) is 0 Å². The highest BCUT2D eigenvalue weighted by Crippen LogP contribution is 2.50. The molecule has 0 heterocycles. The van der Waals surface area contributed by atoms with E-state index >= 15 is 0 Å². The van der Waals surface area contributed by atoms with Gasteiger partial charge in [0.2, 0.25) is 0 Å². The van der Waals surface area contributed by atoms with Crippen molar-refractivity contribution in [2.45, 2.75) is 57.4 Å². The van der Waals surface area contributed by atoms with Crippen LogP contribution in [0.4, 0.5) is 0 Å². The zero-order valence-electron chi connectivity index (χ0n) is 10.9. The SMILES string of the molecule is CC(N)C1(c2cccc(C(C)(C)C)c2)CC1. The maximum atomic E-state index is 6.12. The zero-order valence-corrected chi connectivity index (χ0v) is 10.9. The summed E-state index contributed by atoms with van der Waals surface area (Å²) in [5, 5.41) is 0. The molecule has 2 rings (SSSR count). The van der Waals surface area contributed by atoms with Crippen molar-refractivity contribution in [2.24, 2.45) is 5.73 Å². The van der Waals surface area contributed by atoms with Crippen LogP contribution >= 0.6 is 0 Å². The van der Waals surface area contributed by atoms with Crippen molar-refractivity contribution < 1.29 is 0 Å². The first-order valence-corrected chi connectivity index (χ1v) is 6.23. The predicted octanol–water partition coefficient (Wildman–Crippen LogP) is 3.36. The molecule has 0 bridgehead atoms. The van der Waals surface area contributed by atoms with Crippen LogP contribution in [0.3, 0.4) is 0 Å². The highest BCUT2D eigenvalue weighted by molar-refractivity contribution is 5.38. The quantitative estimate of drug-likeness (QED) is 0.807. The van der Waals surface area contributed by atoms with Gasteiger partial charge in [-0.15, -0.1) is 0 Å². The van der Waals surface area contributed by atoms with Crippen molar-refractivity contribution in [2.75, 3.05) is 0 Å². The van der Waals surface area contributed by atoms with Crippen molar-refractivity contribution >= 4 is 0 Å². The number of rotatable bonds is 2. The molecule has 1 aromatic carbocycles. The number of hydrogen-bond donors (Lipinski definition) is 1. The second-order valence-corrected chi connectivity index (χ2v) is 6.28. The van der Waals surface area contributed by atoms with Gasteiger partial charge in [0.15, 0.2) is 0 Å². The number of nitrogens with two attached hydrogens (primary N) is 1. The molecular weight excluding hydrogens is 194 g/mol. The van der Waals surface area contributed by atoms with Crippen molar-refractivity contribution in [3.63, 3.8) is 0 Å². The third kappa shape index (κ3) is 1.89. The van der Waals surface area contributed by atoms with Crippen molar-refractivity contribution in [1.29, 1.82) is 0 Å². The fourth-order valence-corrected chi connectivity index (χ4v) is 2.44. The summed E-state index contributed by atoms with van der Waals surface area (Å²) in [5.74, 6) is 0. The lowest BCUT2D eigenvalue weighted by Gasteiger charge is -2.24. The van der Waals surface area contributed by atoms with E-state index in [1.807, 2.05) is 0 Å². The van der Waals surface area contributed by atoms with Crippen LogP contribution in [0.2, 0.25) is 0 Å². The van der Waals surface area contributed by atoms with E-state index in [9.17, 15) is 0 Å². The Bertz CT molecular complexity index is 381. The van der Waals surface area contributed by atoms with E-state index in [0.717, 1.165) is 0 Å². The molecule has 2 N–H and O–H groups in total. The Hall–Kier alpha value is -0.820. The topological polar surface area (TPSA) is 26.0 Å². The Labute approximate surface area is 99.0 Å². The molecule has 1 aliphatic rings. The first-order chi connectivity index (χ1) is 7.36. The van der Waals surface area contributed by atoms with Crippen LogP contribution in [0, 0.1) is 0 Å². The fourth-order valence-electron chi connectivity index (χ4n) is 2.44. The lowest BCUT2D eigenvalue weighted by molar-refractivity contribution is 0.549. The van der Waals surface area contributed by atoms with Crippen LogP contribution in [0.1, 0.15) is 51.7 Å². The summed E-state index contributed by atoms with van der Waals surface area (Å²) in [6.07, 6.45) is 2.50. The molecule has 1 heteroatoms. The highest BCUT2D eigenvalue weighted by Gasteiger charge is 2.47. The molecule has 0 amide bonds. The maximum Gasteiger partial charge on any atom is 0.0108 e. The average molecular weight is 217 g/mol. The Kier molecular flexibility index (Phi) is 2.62. The van der Waals surface area contributed by atoms with Gasteiger partial charge in [0.1, 0.15) is 0 Å². The van der Waals surface area contributed by atoms with E-state index in [2.05, 4.69) is 52.0 Å². The van der Waals surface area contributed by atoms with Crippen molar-refractivity contribution in [3.8, 4) is 0 Å². The summed E-state index contributed by atoms with van der Waals surface area (Å²) in [6.45, 7) is 8.92. The van der Waals surface area contributed by atoms with Gasteiger partial charge in [0.05, 0.1) is 0 Å². The standard InChI is InChI=1S/C15H23N/c1-11(16)15(8-9-15)13-7-5-6-12(10-13)14(2,3)4/h5-7,10-11H,8-9,16H2,1-4H3. The van der Waals surface area contributed by atoms with Crippen LogP contribution < -0.4 is 5.73 Å². The summed E-state index contributed by atoms with van der Waals surface area (Å²) in [4.78, 5) is 0. The number of benzene rings is 1. The smallest absolute Gasteiger partial charge is 0.0108 e. The van der Waals surface area contributed by atoms with Gasteiger partial charge in [-0.05, 0) is 36.3 Å². The summed E-state index contributed by atoms with van der Waals surface area (Å²) < 4.78 is 0. The van der Waals surface area contributed by atoms with Gasteiger partial charge < -0.3 is 5.73 Å². The highest BCUT2D eigenvalue weighted by atomic mass is 14.7. The molecule has 88 valence electrons. The molecule has 16 heavy (non-hydrogen) atoms. The third-order valence-corrected chi connectivity index (χ3v) is 3.96. The molecule has 0 aliphatic heterocycles. The molecule has 0 radical (unpaired) electrons. The molecule has 1 saturated carbocycles. The lowest BCUT2D eigenvalue weighted by atomic mass is 9.82. The second-order valence-electron chi connectivity index (χ2n) is 6.28. The Morgan fingerprint density at radius 3 is 2.31 bits per heavy atom. The minimum Gasteiger partial charge on any atom is -0.327 e. The molecule has 0 spiro atoms. The first kappa shape index (κ1) is 11.7. The molecule has 1 aliphatic carbocycles. The Balaban J connectivity index is 2.37. The van der Waals surface area contributed by atoms with E-state index in [0.29, 0.717) is 0 Å². The average Bonchev–Trinajstić information content (AvgIpc) is 2.97. The molecule has 1 fully saturated rings. The first-order valence-electron chi connectivity index (χ1n) is 6.23. The summed E-state index contributed by atoms with van der Waals surface area (Å²) in [6, 6.07) is 9.27. The molecule has 0 saturated heterocycles. The van der Waals surface area contributed by atoms with Crippen molar-refractivity contribution in [3.05, 3.63) is 35.4 Å². The maximum absolute atomic E-state index is 6.12. The zero-order chi connectivity index (χ0) is 12.0. The van der Waals surface area contributed by atoms with E-state index < -0.39 is 0 Å². The van der Waals surface area contributed by atoms with Gasteiger partial charge >= 0.3 is 0 Å². The fraction of sp³-hybridized carbons (Fsp3) is 0.600. The van der Waals surface area contributed by atoms with Crippen molar-refractivity contribution in [1.82, 2.24) is 0 Å². The van der Waals surface area contributed by atoms with Crippen LogP contribution in [0.15, 0.2) is 24.3 Å². The van der Waals surface area contributed by atoms with E-state index in [-0.39, 0.29) is 16.9 Å². The molecule has 1 atom stereocenters. The van der Waals surface area contributed by atoms with Crippen LogP contribution in [-0.2, 0) is 10.8 Å². The van der Waals surface area contributed by atoms with Gasteiger partial charge in [0.25, 0.3) is 0 Å². The summed E-state index contributed by atoms with van der Waals surface area (Å²) in [7, 11) is 0. The second kappa shape index (κ2) is 3.59. The minimum atomic E-state index is 0.226. The molecule has 1 unspecified atom stereocenters. The lowest BCUT2D eigenvalue weighted by Crippen LogP contribution is -2.31. The van der Waals surface area contributed by atoms with Gasteiger partial charge in [-0.1, -0.05) is 45.0 Å². The van der Waals surface area contributed by atoms with Gasteiger partial charge in [0, 0.05) is 11.5 Å². The Morgan fingerprint density at radius 2 is 1.88 bits per heavy atom. The third-order valence-electron chi connectivity index (χ3n) is 3.96. The van der Waals surface area contributed by atoms with E-state index in [1.54, 1.807) is 0 Å². The monoisotopic (exact) mass is 217 g/mol. The normalized spacial score (nSPS) is 20.6. The van der Waals surface area contributed by atoms with E-state index in [4.69, 9.17) is 5.73 Å². The van der Waals surface area contributed by atoms with Gasteiger partial charge in [-0.25, -0.2) is 0 Å². The minimum absolute atomic E-state index is 0.226. The van der Waals surface area contributed by atoms with E-state index in [1.165, 1.54) is 24.0 Å². The summed E-state index contributed by atoms with van der Waals surface area (Å²) >= 11 is 0. The molecule has 0 aromatic heterocycles. The van der Waals surface area contributed by atoms with Gasteiger partial charge in [-0.3, -0.25) is 0 Å². The largest absolute Gasteiger partial charge is 0.327 e. The summed E-state index contributed by atoms with van der Waals surface area (Å²) in [5.41, 5.74) is 9.48. The van der Waals surface area contributed by atoms with Crippen LogP contribution in [0.25, 0.3) is 0 Å². The molecule has 1 aromatic rings. The number of hydrogen-bond acceptors (Lipinski definition) is 1. The Morgan fingerprint density at radius 1 is 1.25 bits per heavy atom. The van der Waals surface area contributed by atoms with Gasteiger partial charge in [-0.2, -0.15) is 0 Å². The molecular formula is C15H23N.